The molecule has 2 heterocycles. The van der Waals surface area contributed by atoms with Crippen LogP contribution in [0.3, 0.4) is 0 Å². The molecular formula is C22H30N4O. The highest BCUT2D eigenvalue weighted by Crippen LogP contribution is 2.24. The molecule has 2 aromatic heterocycles. The van der Waals surface area contributed by atoms with Gasteiger partial charge in [-0.1, -0.05) is 18.2 Å². The van der Waals surface area contributed by atoms with Crippen molar-refractivity contribution in [3.63, 3.8) is 0 Å². The highest BCUT2D eigenvalue weighted by molar-refractivity contribution is 6.04. The highest BCUT2D eigenvalue weighted by atomic mass is 16.1. The van der Waals surface area contributed by atoms with Crippen LogP contribution in [0, 0.1) is 6.92 Å². The average Bonchev–Trinajstić information content (AvgIpc) is 3.01. The van der Waals surface area contributed by atoms with Crippen LogP contribution in [0.15, 0.2) is 29.1 Å². The van der Waals surface area contributed by atoms with E-state index in [9.17, 15) is 4.79 Å². The normalized spacial score (nSPS) is 12.6. The van der Waals surface area contributed by atoms with E-state index in [0.717, 1.165) is 34.2 Å². The summed E-state index contributed by atoms with van der Waals surface area (Å²) in [6.45, 7) is 14.4. The van der Waals surface area contributed by atoms with Gasteiger partial charge in [-0.05, 0) is 59.2 Å². The Morgan fingerprint density at radius 1 is 1.22 bits per heavy atom. The first-order valence-corrected chi connectivity index (χ1v) is 9.78. The van der Waals surface area contributed by atoms with Crippen molar-refractivity contribution in [3.05, 3.63) is 45.9 Å². The van der Waals surface area contributed by atoms with Gasteiger partial charge in [0, 0.05) is 36.3 Å². The van der Waals surface area contributed by atoms with E-state index in [4.69, 9.17) is 0 Å². The third-order valence-electron chi connectivity index (χ3n) is 5.24. The van der Waals surface area contributed by atoms with Gasteiger partial charge >= 0.3 is 0 Å². The number of H-pyrrole nitrogens is 1. The van der Waals surface area contributed by atoms with Crippen LogP contribution in [-0.4, -0.2) is 38.3 Å². The van der Waals surface area contributed by atoms with Crippen LogP contribution in [0.2, 0.25) is 0 Å². The number of aryl methyl sites for hydroxylation is 2. The molecule has 0 aliphatic carbocycles. The molecule has 0 saturated heterocycles. The van der Waals surface area contributed by atoms with E-state index >= 15 is 0 Å². The number of fused-ring (bicyclic) bond motifs is 3. The number of aromatic amines is 1. The number of rotatable bonds is 6. The van der Waals surface area contributed by atoms with Gasteiger partial charge in [0.05, 0.1) is 10.9 Å². The van der Waals surface area contributed by atoms with Crippen molar-refractivity contribution in [2.75, 3.05) is 6.54 Å². The third-order valence-corrected chi connectivity index (χ3v) is 5.24. The van der Waals surface area contributed by atoms with Crippen LogP contribution in [0.1, 0.15) is 45.9 Å². The lowest BCUT2D eigenvalue weighted by Crippen LogP contribution is -2.36. The molecule has 0 bridgehead atoms. The molecule has 0 unspecified atom stereocenters. The molecule has 0 spiro atoms. The van der Waals surface area contributed by atoms with E-state index in [1.807, 2.05) is 24.5 Å². The van der Waals surface area contributed by atoms with Crippen molar-refractivity contribution in [3.8, 4) is 0 Å². The van der Waals surface area contributed by atoms with E-state index in [1.54, 1.807) is 0 Å². The second-order valence-electron chi connectivity index (χ2n) is 7.68. The Balaban J connectivity index is 2.05. The molecule has 0 radical (unpaired) electrons. The maximum atomic E-state index is 12.8. The van der Waals surface area contributed by atoms with Crippen LogP contribution in [0.4, 0.5) is 0 Å². The zero-order valence-corrected chi connectivity index (χ0v) is 17.2. The van der Waals surface area contributed by atoms with E-state index in [2.05, 4.69) is 67.1 Å². The number of nitrogens with zero attached hydrogens (tertiary/aromatic N) is 3. The summed E-state index contributed by atoms with van der Waals surface area (Å²) in [6, 6.07) is 7.26. The van der Waals surface area contributed by atoms with Crippen molar-refractivity contribution in [1.29, 1.82) is 0 Å². The first-order valence-electron chi connectivity index (χ1n) is 9.78. The van der Waals surface area contributed by atoms with Gasteiger partial charge in [0.2, 0.25) is 0 Å². The van der Waals surface area contributed by atoms with Crippen molar-refractivity contribution in [2.24, 2.45) is 0 Å². The van der Waals surface area contributed by atoms with Crippen LogP contribution in [0.25, 0.3) is 27.9 Å². The van der Waals surface area contributed by atoms with Crippen LogP contribution in [0.5, 0.6) is 0 Å². The van der Waals surface area contributed by atoms with Crippen LogP contribution in [-0.2, 0) is 6.54 Å². The Hall–Kier alpha value is -2.40. The van der Waals surface area contributed by atoms with Gasteiger partial charge < -0.3 is 4.57 Å². The van der Waals surface area contributed by atoms with Gasteiger partial charge in [0.15, 0.2) is 0 Å². The van der Waals surface area contributed by atoms with E-state index in [1.165, 1.54) is 0 Å². The summed E-state index contributed by atoms with van der Waals surface area (Å²) >= 11 is 0. The molecule has 0 aliphatic heterocycles. The summed E-state index contributed by atoms with van der Waals surface area (Å²) in [5.74, 6) is 0. The van der Waals surface area contributed by atoms with Crippen LogP contribution >= 0.6 is 0 Å². The second kappa shape index (κ2) is 7.69. The van der Waals surface area contributed by atoms with Crippen molar-refractivity contribution in [1.82, 2.24) is 19.7 Å². The Labute approximate surface area is 160 Å². The first-order chi connectivity index (χ1) is 12.8. The first kappa shape index (κ1) is 19.4. The molecule has 3 rings (SSSR count). The minimum absolute atomic E-state index is 0.0269. The summed E-state index contributed by atoms with van der Waals surface area (Å²) in [4.78, 5) is 15.2. The lowest BCUT2D eigenvalue weighted by atomic mass is 10.1. The smallest absolute Gasteiger partial charge is 0.262 e. The second-order valence-corrected chi connectivity index (χ2v) is 7.68. The number of aromatic nitrogens is 3. The Kier molecular flexibility index (Phi) is 5.51. The molecule has 1 aromatic carbocycles. The fourth-order valence-electron chi connectivity index (χ4n) is 3.85. The molecule has 0 fully saturated rings. The maximum absolute atomic E-state index is 12.8. The van der Waals surface area contributed by atoms with Gasteiger partial charge in [-0.15, -0.1) is 0 Å². The zero-order valence-electron chi connectivity index (χ0n) is 17.2. The third kappa shape index (κ3) is 3.56. The lowest BCUT2D eigenvalue weighted by molar-refractivity contribution is 0.196. The Bertz CT molecular complexity index is 1030. The fourth-order valence-corrected chi connectivity index (χ4v) is 3.85. The standard InChI is InChI=1S/C22H30N4O/c1-7-25-19-11-10-17(9-8-12-26(14(2)3)15(4)5)13-18(19)21-20(22(25)27)16(6)23-24-21/h8-11,13-15H,7,12H2,1-6H3,(H,23,24)/b9-8+. The van der Waals surface area contributed by atoms with Crippen LogP contribution < -0.4 is 5.56 Å². The molecule has 0 amide bonds. The van der Waals surface area contributed by atoms with E-state index < -0.39 is 0 Å². The minimum Gasteiger partial charge on any atom is -0.308 e. The summed E-state index contributed by atoms with van der Waals surface area (Å²) in [6.07, 6.45) is 4.37. The quantitative estimate of drug-likeness (QED) is 0.706. The molecule has 5 heteroatoms. The van der Waals surface area contributed by atoms with Gasteiger partial charge in [0.1, 0.15) is 5.52 Å². The fraction of sp³-hybridized carbons (Fsp3) is 0.455. The molecule has 27 heavy (non-hydrogen) atoms. The number of nitrogens with one attached hydrogen (secondary N) is 1. The highest BCUT2D eigenvalue weighted by Gasteiger charge is 2.15. The zero-order chi connectivity index (χ0) is 19.7. The summed E-state index contributed by atoms with van der Waals surface area (Å²) in [5, 5.41) is 9.09. The predicted molar refractivity (Wildman–Crippen MR) is 114 cm³/mol. The number of pyridine rings is 1. The van der Waals surface area contributed by atoms with Crippen molar-refractivity contribution in [2.45, 2.75) is 60.2 Å². The monoisotopic (exact) mass is 366 g/mol. The minimum atomic E-state index is 0.0269. The predicted octanol–water partition coefficient (Wildman–Crippen LogP) is 4.34. The van der Waals surface area contributed by atoms with Gasteiger partial charge in [-0.2, -0.15) is 5.10 Å². The molecule has 3 aromatic rings. The van der Waals surface area contributed by atoms with E-state index in [-0.39, 0.29) is 5.56 Å². The molecule has 1 N–H and O–H groups in total. The average molecular weight is 367 g/mol. The van der Waals surface area contributed by atoms with E-state index in [0.29, 0.717) is 24.0 Å². The summed E-state index contributed by atoms with van der Waals surface area (Å²) < 4.78 is 1.83. The Morgan fingerprint density at radius 2 is 1.93 bits per heavy atom. The lowest BCUT2D eigenvalue weighted by Gasteiger charge is -2.29. The molecule has 5 nitrogen and oxygen atoms in total. The van der Waals surface area contributed by atoms with Crippen molar-refractivity contribution >= 4 is 27.9 Å². The van der Waals surface area contributed by atoms with Gasteiger partial charge in [0.25, 0.3) is 5.56 Å². The molecule has 0 aliphatic rings. The Morgan fingerprint density at radius 3 is 2.56 bits per heavy atom. The van der Waals surface area contributed by atoms with Gasteiger partial charge in [-0.25, -0.2) is 0 Å². The molecule has 144 valence electrons. The topological polar surface area (TPSA) is 53.9 Å². The maximum Gasteiger partial charge on any atom is 0.262 e. The number of benzene rings is 1. The number of hydrogen-bond donors (Lipinski definition) is 1. The summed E-state index contributed by atoms with van der Waals surface area (Å²) in [7, 11) is 0. The summed E-state index contributed by atoms with van der Waals surface area (Å²) in [5.41, 5.74) is 3.67. The molecule has 0 atom stereocenters. The molecule has 0 saturated carbocycles. The largest absolute Gasteiger partial charge is 0.308 e. The van der Waals surface area contributed by atoms with Crippen molar-refractivity contribution < 1.29 is 0 Å². The molecular weight excluding hydrogens is 336 g/mol. The SMILES string of the molecule is CCn1c(=O)c2c(C)[nH]nc2c2cc(/C=C/CN(C(C)C)C(C)C)ccc21. The number of hydrogen-bond acceptors (Lipinski definition) is 3. The van der Waals surface area contributed by atoms with Gasteiger partial charge in [-0.3, -0.25) is 14.8 Å².